The van der Waals surface area contributed by atoms with Crippen LogP contribution in [0.2, 0.25) is 0 Å². The van der Waals surface area contributed by atoms with Crippen molar-refractivity contribution in [2.75, 3.05) is 18.4 Å². The van der Waals surface area contributed by atoms with Crippen molar-refractivity contribution in [2.45, 2.75) is 65.4 Å². The van der Waals surface area contributed by atoms with Gasteiger partial charge in [0.25, 0.3) is 0 Å². The number of aromatic nitrogens is 1. The maximum atomic E-state index is 12.9. The Bertz CT molecular complexity index is 959. The first-order chi connectivity index (χ1) is 14.1. The van der Waals surface area contributed by atoms with E-state index in [1.54, 1.807) is 19.9 Å². The summed E-state index contributed by atoms with van der Waals surface area (Å²) in [6, 6.07) is 4.55. The van der Waals surface area contributed by atoms with Gasteiger partial charge in [-0.25, -0.2) is 8.42 Å². The van der Waals surface area contributed by atoms with Crippen LogP contribution in [0.3, 0.4) is 0 Å². The Labute approximate surface area is 178 Å². The summed E-state index contributed by atoms with van der Waals surface area (Å²) < 4.78 is 38.0. The van der Waals surface area contributed by atoms with Crippen molar-refractivity contribution < 1.29 is 22.5 Å². The van der Waals surface area contributed by atoms with Gasteiger partial charge in [-0.3, -0.25) is 4.79 Å². The van der Waals surface area contributed by atoms with Gasteiger partial charge < -0.3 is 14.6 Å². The topological polar surface area (TPSA) is 102 Å². The van der Waals surface area contributed by atoms with E-state index in [0.29, 0.717) is 36.7 Å². The van der Waals surface area contributed by atoms with E-state index in [4.69, 9.17) is 9.26 Å². The largest absolute Gasteiger partial charge is 0.489 e. The van der Waals surface area contributed by atoms with Crippen LogP contribution in [0.25, 0.3) is 0 Å². The number of ether oxygens (including phenoxy) is 1. The van der Waals surface area contributed by atoms with Crippen LogP contribution >= 0.6 is 0 Å². The highest BCUT2D eigenvalue weighted by Crippen LogP contribution is 2.30. The summed E-state index contributed by atoms with van der Waals surface area (Å²) in [5.41, 5.74) is 2.00. The van der Waals surface area contributed by atoms with E-state index in [1.807, 2.05) is 27.7 Å². The van der Waals surface area contributed by atoms with Crippen LogP contribution in [0.1, 0.15) is 51.1 Å². The highest BCUT2D eigenvalue weighted by atomic mass is 32.2. The summed E-state index contributed by atoms with van der Waals surface area (Å²) in [5, 5.41) is 6.70. The van der Waals surface area contributed by atoms with Crippen LogP contribution in [-0.4, -0.2) is 43.0 Å². The third-order valence-corrected chi connectivity index (χ3v) is 6.76. The standard InChI is InChI=1S/C21H31N3O5S/c1-7-24(8-2)30(26,27)17-9-11-20(28-14(3)4)19(13-17)22-21(25)12-10-18-15(5)23-29-16(18)6/h9,11,13-14H,7-8,10,12H2,1-6H3,(H,22,25). The molecule has 0 aliphatic heterocycles. The van der Waals surface area contributed by atoms with Gasteiger partial charge in [-0.15, -0.1) is 0 Å². The van der Waals surface area contributed by atoms with Crippen molar-refractivity contribution >= 4 is 21.6 Å². The van der Waals surface area contributed by atoms with Crippen molar-refractivity contribution in [1.82, 2.24) is 9.46 Å². The predicted octanol–water partition coefficient (Wildman–Crippen LogP) is 3.68. The number of amides is 1. The lowest BCUT2D eigenvalue weighted by molar-refractivity contribution is -0.116. The molecule has 166 valence electrons. The lowest BCUT2D eigenvalue weighted by Gasteiger charge is -2.20. The van der Waals surface area contributed by atoms with Crippen LogP contribution in [0.5, 0.6) is 5.75 Å². The van der Waals surface area contributed by atoms with Gasteiger partial charge in [0.05, 0.1) is 22.4 Å². The number of nitrogens with zero attached hydrogens (tertiary/aromatic N) is 2. The van der Waals surface area contributed by atoms with Crippen LogP contribution in [0.4, 0.5) is 5.69 Å². The molecule has 1 aromatic heterocycles. The number of rotatable bonds is 10. The Balaban J connectivity index is 2.27. The molecule has 0 atom stereocenters. The molecule has 0 radical (unpaired) electrons. The minimum Gasteiger partial charge on any atom is -0.489 e. The zero-order valence-corrected chi connectivity index (χ0v) is 19.3. The second-order valence-corrected chi connectivity index (χ2v) is 9.20. The van der Waals surface area contributed by atoms with Crippen LogP contribution < -0.4 is 10.1 Å². The first kappa shape index (κ1) is 23.9. The molecule has 30 heavy (non-hydrogen) atoms. The third kappa shape index (κ3) is 5.60. The van der Waals surface area contributed by atoms with E-state index in [-0.39, 0.29) is 23.3 Å². The molecule has 1 amide bonds. The average molecular weight is 438 g/mol. The van der Waals surface area contributed by atoms with E-state index in [1.165, 1.54) is 16.4 Å². The molecule has 0 aliphatic rings. The summed E-state index contributed by atoms with van der Waals surface area (Å²) >= 11 is 0. The lowest BCUT2D eigenvalue weighted by atomic mass is 10.1. The molecule has 8 nitrogen and oxygen atoms in total. The smallest absolute Gasteiger partial charge is 0.243 e. The number of sulfonamides is 1. The quantitative estimate of drug-likeness (QED) is 0.608. The second-order valence-electron chi connectivity index (χ2n) is 7.26. The Kier molecular flexibility index (Phi) is 8.03. The van der Waals surface area contributed by atoms with Gasteiger partial charge in [-0.05, 0) is 52.3 Å². The number of benzene rings is 1. The molecule has 1 heterocycles. The minimum absolute atomic E-state index is 0.114. The number of anilines is 1. The Hall–Kier alpha value is -2.39. The van der Waals surface area contributed by atoms with Crippen LogP contribution in [0, 0.1) is 13.8 Å². The molecule has 0 unspecified atom stereocenters. The van der Waals surface area contributed by atoms with E-state index in [9.17, 15) is 13.2 Å². The summed E-state index contributed by atoms with van der Waals surface area (Å²) in [4.78, 5) is 12.7. The summed E-state index contributed by atoms with van der Waals surface area (Å²) in [5.74, 6) is 0.867. The normalized spacial score (nSPS) is 11.9. The molecule has 0 aliphatic carbocycles. The summed E-state index contributed by atoms with van der Waals surface area (Å²) in [6.07, 6.45) is 0.551. The Morgan fingerprint density at radius 2 is 1.90 bits per heavy atom. The number of aryl methyl sites for hydroxylation is 2. The number of hydrogen-bond donors (Lipinski definition) is 1. The van der Waals surface area contributed by atoms with E-state index >= 15 is 0 Å². The number of carbonyl (C=O) groups is 1. The second kappa shape index (κ2) is 10.1. The molecule has 2 rings (SSSR count). The van der Waals surface area contributed by atoms with Gasteiger partial charge in [0.1, 0.15) is 11.5 Å². The summed E-state index contributed by atoms with van der Waals surface area (Å²) in [7, 11) is -3.66. The molecule has 2 aromatic rings. The lowest BCUT2D eigenvalue weighted by Crippen LogP contribution is -2.30. The molecule has 1 aromatic carbocycles. The van der Waals surface area contributed by atoms with Crippen molar-refractivity contribution in [3.63, 3.8) is 0 Å². The highest BCUT2D eigenvalue weighted by Gasteiger charge is 2.23. The number of nitrogens with one attached hydrogen (secondary N) is 1. The Morgan fingerprint density at radius 1 is 1.23 bits per heavy atom. The molecule has 0 bridgehead atoms. The molecule has 9 heteroatoms. The zero-order valence-electron chi connectivity index (χ0n) is 18.5. The average Bonchev–Trinajstić information content (AvgIpc) is 2.99. The van der Waals surface area contributed by atoms with Gasteiger partial charge >= 0.3 is 0 Å². The van der Waals surface area contributed by atoms with Gasteiger partial charge in [-0.2, -0.15) is 4.31 Å². The zero-order chi connectivity index (χ0) is 22.5. The SMILES string of the molecule is CCN(CC)S(=O)(=O)c1ccc(OC(C)C)c(NC(=O)CCc2c(C)noc2C)c1. The number of carbonyl (C=O) groups excluding carboxylic acids is 1. The van der Waals surface area contributed by atoms with Crippen molar-refractivity contribution in [3.8, 4) is 5.75 Å². The predicted molar refractivity (Wildman–Crippen MR) is 115 cm³/mol. The maximum absolute atomic E-state index is 12.9. The monoisotopic (exact) mass is 437 g/mol. The first-order valence-corrected chi connectivity index (χ1v) is 11.6. The van der Waals surface area contributed by atoms with E-state index < -0.39 is 10.0 Å². The fourth-order valence-electron chi connectivity index (χ4n) is 3.15. The summed E-state index contributed by atoms with van der Waals surface area (Å²) in [6.45, 7) is 11.7. The van der Waals surface area contributed by atoms with Crippen molar-refractivity contribution in [1.29, 1.82) is 0 Å². The van der Waals surface area contributed by atoms with Crippen molar-refractivity contribution in [2.24, 2.45) is 0 Å². The molecule has 1 N–H and O–H groups in total. The molecule has 0 fully saturated rings. The minimum atomic E-state index is -3.66. The van der Waals surface area contributed by atoms with Gasteiger partial charge in [0.15, 0.2) is 0 Å². The fourth-order valence-corrected chi connectivity index (χ4v) is 4.63. The van der Waals surface area contributed by atoms with Gasteiger partial charge in [0, 0.05) is 25.1 Å². The third-order valence-electron chi connectivity index (χ3n) is 4.71. The van der Waals surface area contributed by atoms with Gasteiger partial charge in [-0.1, -0.05) is 19.0 Å². The molecular weight excluding hydrogens is 406 g/mol. The van der Waals surface area contributed by atoms with Gasteiger partial charge in [0.2, 0.25) is 15.9 Å². The Morgan fingerprint density at radius 3 is 2.43 bits per heavy atom. The maximum Gasteiger partial charge on any atom is 0.243 e. The molecule has 0 saturated heterocycles. The van der Waals surface area contributed by atoms with E-state index in [0.717, 1.165) is 11.3 Å². The molecule has 0 spiro atoms. The van der Waals surface area contributed by atoms with Crippen LogP contribution in [0.15, 0.2) is 27.6 Å². The fraction of sp³-hybridized carbons (Fsp3) is 0.524. The van der Waals surface area contributed by atoms with Crippen LogP contribution in [-0.2, 0) is 21.2 Å². The highest BCUT2D eigenvalue weighted by molar-refractivity contribution is 7.89. The van der Waals surface area contributed by atoms with Crippen molar-refractivity contribution in [3.05, 3.63) is 35.2 Å². The first-order valence-electron chi connectivity index (χ1n) is 10.1. The molecular formula is C21H31N3O5S. The van der Waals surface area contributed by atoms with E-state index in [2.05, 4.69) is 10.5 Å². The number of hydrogen-bond acceptors (Lipinski definition) is 6. The molecule has 0 saturated carbocycles.